The van der Waals surface area contributed by atoms with Crippen molar-refractivity contribution in [3.05, 3.63) is 83.7 Å². The average Bonchev–Trinajstić information content (AvgIpc) is 3.30. The number of nitrogens with one attached hydrogen (secondary N) is 2. The van der Waals surface area contributed by atoms with Crippen LogP contribution in [-0.2, 0) is 11.2 Å². The molecule has 0 bridgehead atoms. The molecule has 2 aliphatic heterocycles. The van der Waals surface area contributed by atoms with Gasteiger partial charge >= 0.3 is 0 Å². The summed E-state index contributed by atoms with van der Waals surface area (Å²) in [6.07, 6.45) is 0.357. The van der Waals surface area contributed by atoms with Crippen molar-refractivity contribution in [1.82, 2.24) is 0 Å². The molecule has 32 heavy (non-hydrogen) atoms. The van der Waals surface area contributed by atoms with Crippen LogP contribution in [0.1, 0.15) is 11.1 Å². The molecular formula is C26H27FN4O. The Morgan fingerprint density at radius 3 is 2.34 bits per heavy atom. The standard InChI is InChI=1S/C26H27FN4O/c1-18-10-11-23(27)22-17-24(29-25(18)22)26(32)28-19-6-5-9-21(16-19)31-14-12-30(13-15-31)20-7-3-2-4-8-20/h2-11,16,24,29H,12-15,17H2,1H3,(H,28,32). The molecule has 3 aromatic rings. The highest BCUT2D eigenvalue weighted by Crippen LogP contribution is 2.32. The van der Waals surface area contributed by atoms with Crippen LogP contribution in [0.5, 0.6) is 0 Å². The monoisotopic (exact) mass is 430 g/mol. The first-order chi connectivity index (χ1) is 15.6. The number of nitrogens with zero attached hydrogens (tertiary/aromatic N) is 2. The topological polar surface area (TPSA) is 47.6 Å². The van der Waals surface area contributed by atoms with Crippen molar-refractivity contribution < 1.29 is 9.18 Å². The van der Waals surface area contributed by atoms with Gasteiger partial charge in [-0.3, -0.25) is 4.79 Å². The van der Waals surface area contributed by atoms with Gasteiger partial charge in [-0.1, -0.05) is 30.3 Å². The van der Waals surface area contributed by atoms with E-state index in [4.69, 9.17) is 0 Å². The van der Waals surface area contributed by atoms with Crippen molar-refractivity contribution in [2.24, 2.45) is 0 Å². The second kappa shape index (κ2) is 8.54. The first-order valence-corrected chi connectivity index (χ1v) is 11.1. The molecule has 2 heterocycles. The average molecular weight is 431 g/mol. The second-order valence-corrected chi connectivity index (χ2v) is 8.47. The number of benzene rings is 3. The van der Waals surface area contributed by atoms with E-state index >= 15 is 0 Å². The molecule has 3 aromatic carbocycles. The quantitative estimate of drug-likeness (QED) is 0.643. The number of aryl methyl sites for hydroxylation is 1. The second-order valence-electron chi connectivity index (χ2n) is 8.47. The molecule has 1 fully saturated rings. The lowest BCUT2D eigenvalue weighted by atomic mass is 10.1. The number of hydrogen-bond acceptors (Lipinski definition) is 4. The first-order valence-electron chi connectivity index (χ1n) is 11.1. The molecule has 5 rings (SSSR count). The van der Waals surface area contributed by atoms with E-state index in [0.717, 1.165) is 48.8 Å². The predicted octanol–water partition coefficient (Wildman–Crippen LogP) is 4.44. The van der Waals surface area contributed by atoms with E-state index in [1.807, 2.05) is 31.2 Å². The summed E-state index contributed by atoms with van der Waals surface area (Å²) in [6, 6.07) is 21.2. The smallest absolute Gasteiger partial charge is 0.247 e. The van der Waals surface area contributed by atoms with E-state index in [-0.39, 0.29) is 11.7 Å². The summed E-state index contributed by atoms with van der Waals surface area (Å²) in [5.74, 6) is -0.406. The molecule has 0 aromatic heterocycles. The van der Waals surface area contributed by atoms with E-state index in [0.29, 0.717) is 12.0 Å². The molecule has 164 valence electrons. The van der Waals surface area contributed by atoms with E-state index < -0.39 is 6.04 Å². The number of carbonyl (C=O) groups is 1. The van der Waals surface area contributed by atoms with Gasteiger partial charge < -0.3 is 20.4 Å². The van der Waals surface area contributed by atoms with Crippen LogP contribution in [0.25, 0.3) is 0 Å². The number of halogens is 1. The number of rotatable bonds is 4. The third-order valence-electron chi connectivity index (χ3n) is 6.39. The van der Waals surface area contributed by atoms with Crippen molar-refractivity contribution in [2.75, 3.05) is 46.6 Å². The van der Waals surface area contributed by atoms with Crippen molar-refractivity contribution in [3.8, 4) is 0 Å². The molecule has 1 saturated heterocycles. The van der Waals surface area contributed by atoms with Crippen molar-refractivity contribution >= 4 is 28.7 Å². The van der Waals surface area contributed by atoms with Crippen molar-refractivity contribution in [2.45, 2.75) is 19.4 Å². The minimum atomic E-state index is -0.473. The Labute approximate surface area is 187 Å². The fourth-order valence-corrected chi connectivity index (χ4v) is 4.60. The van der Waals surface area contributed by atoms with Gasteiger partial charge in [0, 0.05) is 60.9 Å². The van der Waals surface area contributed by atoms with E-state index in [2.05, 4.69) is 50.8 Å². The van der Waals surface area contributed by atoms with E-state index in [1.165, 1.54) is 11.8 Å². The Morgan fingerprint density at radius 2 is 1.62 bits per heavy atom. The van der Waals surface area contributed by atoms with Crippen LogP contribution >= 0.6 is 0 Å². The summed E-state index contributed by atoms with van der Waals surface area (Å²) in [5, 5.41) is 6.20. The highest BCUT2D eigenvalue weighted by atomic mass is 19.1. The van der Waals surface area contributed by atoms with E-state index in [9.17, 15) is 9.18 Å². The Morgan fingerprint density at radius 1 is 0.938 bits per heavy atom. The van der Waals surface area contributed by atoms with Crippen LogP contribution < -0.4 is 20.4 Å². The number of piperazine rings is 1. The minimum absolute atomic E-state index is 0.147. The lowest BCUT2D eigenvalue weighted by molar-refractivity contribution is -0.116. The number of anilines is 4. The van der Waals surface area contributed by atoms with Crippen LogP contribution in [0, 0.1) is 12.7 Å². The summed E-state index contributed by atoms with van der Waals surface area (Å²) in [4.78, 5) is 17.6. The number of hydrogen-bond donors (Lipinski definition) is 2. The predicted molar refractivity (Wildman–Crippen MR) is 128 cm³/mol. The number of carbonyl (C=O) groups excluding carboxylic acids is 1. The SMILES string of the molecule is Cc1ccc(F)c2c1NC(C(=O)Nc1cccc(N3CCN(c4ccccc4)CC3)c1)C2. The van der Waals surface area contributed by atoms with Gasteiger partial charge in [-0.05, 0) is 48.9 Å². The Balaban J connectivity index is 1.22. The van der Waals surface area contributed by atoms with Gasteiger partial charge in [0.1, 0.15) is 11.9 Å². The van der Waals surface area contributed by atoms with Gasteiger partial charge in [0.25, 0.3) is 0 Å². The maximum atomic E-state index is 14.1. The fraction of sp³-hybridized carbons (Fsp3) is 0.269. The zero-order valence-corrected chi connectivity index (χ0v) is 18.1. The lowest BCUT2D eigenvalue weighted by Gasteiger charge is -2.37. The summed E-state index contributed by atoms with van der Waals surface area (Å²) in [6.45, 7) is 5.67. The highest BCUT2D eigenvalue weighted by Gasteiger charge is 2.30. The summed E-state index contributed by atoms with van der Waals surface area (Å²) in [7, 11) is 0. The zero-order chi connectivity index (χ0) is 22.1. The molecule has 0 spiro atoms. The molecular weight excluding hydrogens is 403 g/mol. The lowest BCUT2D eigenvalue weighted by Crippen LogP contribution is -2.46. The summed E-state index contributed by atoms with van der Waals surface area (Å²) < 4.78 is 14.1. The Hall–Kier alpha value is -3.54. The van der Waals surface area contributed by atoms with Crippen LogP contribution in [0.15, 0.2) is 66.7 Å². The van der Waals surface area contributed by atoms with Gasteiger partial charge in [0.15, 0.2) is 0 Å². The van der Waals surface area contributed by atoms with Gasteiger partial charge in [-0.15, -0.1) is 0 Å². The minimum Gasteiger partial charge on any atom is -0.373 e. The summed E-state index contributed by atoms with van der Waals surface area (Å²) in [5.41, 5.74) is 5.40. The first kappa shape index (κ1) is 20.4. The van der Waals surface area contributed by atoms with Crippen molar-refractivity contribution in [1.29, 1.82) is 0 Å². The number of amides is 1. The Bertz CT molecular complexity index is 1090. The normalized spacial score (nSPS) is 17.6. The van der Waals surface area contributed by atoms with Gasteiger partial charge in [-0.25, -0.2) is 4.39 Å². The van der Waals surface area contributed by atoms with Crippen LogP contribution in [0.2, 0.25) is 0 Å². The molecule has 5 nitrogen and oxygen atoms in total. The van der Waals surface area contributed by atoms with Crippen molar-refractivity contribution in [3.63, 3.8) is 0 Å². The third kappa shape index (κ3) is 4.00. The molecule has 1 unspecified atom stereocenters. The van der Waals surface area contributed by atoms with Crippen LogP contribution in [-0.4, -0.2) is 38.1 Å². The molecule has 0 radical (unpaired) electrons. The van der Waals surface area contributed by atoms with Gasteiger partial charge in [0.05, 0.1) is 0 Å². The number of fused-ring (bicyclic) bond motifs is 1. The maximum absolute atomic E-state index is 14.1. The molecule has 6 heteroatoms. The maximum Gasteiger partial charge on any atom is 0.247 e. The molecule has 2 N–H and O–H groups in total. The molecule has 2 aliphatic rings. The molecule has 1 atom stereocenters. The van der Waals surface area contributed by atoms with Gasteiger partial charge in [0.2, 0.25) is 5.91 Å². The molecule has 0 saturated carbocycles. The summed E-state index contributed by atoms with van der Waals surface area (Å²) >= 11 is 0. The Kier molecular flexibility index (Phi) is 5.43. The third-order valence-corrected chi connectivity index (χ3v) is 6.39. The number of para-hydroxylation sites is 1. The van der Waals surface area contributed by atoms with Gasteiger partial charge in [-0.2, -0.15) is 0 Å². The van der Waals surface area contributed by atoms with E-state index in [1.54, 1.807) is 6.07 Å². The molecule has 1 amide bonds. The fourth-order valence-electron chi connectivity index (χ4n) is 4.60. The van der Waals surface area contributed by atoms with Crippen LogP contribution in [0.4, 0.5) is 27.1 Å². The highest BCUT2D eigenvalue weighted by molar-refractivity contribution is 5.98. The largest absolute Gasteiger partial charge is 0.373 e. The molecule has 0 aliphatic carbocycles. The zero-order valence-electron chi connectivity index (χ0n) is 18.1. The van der Waals surface area contributed by atoms with Crippen LogP contribution in [0.3, 0.4) is 0 Å².